The first-order chi connectivity index (χ1) is 16.5. The number of anilines is 2. The molecule has 0 unspecified atom stereocenters. The number of nitrogens with zero attached hydrogens (tertiary/aromatic N) is 2. The number of para-hydroxylation sites is 1. The highest BCUT2D eigenvalue weighted by molar-refractivity contribution is 6.31. The van der Waals surface area contributed by atoms with Gasteiger partial charge in [0.1, 0.15) is 6.04 Å². The molecule has 1 N–H and O–H groups in total. The van der Waals surface area contributed by atoms with Gasteiger partial charge in [0.25, 0.3) is 5.91 Å². The van der Waals surface area contributed by atoms with Crippen molar-refractivity contribution in [3.8, 4) is 11.5 Å². The summed E-state index contributed by atoms with van der Waals surface area (Å²) in [6.45, 7) is 0.242. The van der Waals surface area contributed by atoms with Crippen LogP contribution in [0.25, 0.3) is 0 Å². The third-order valence-corrected chi connectivity index (χ3v) is 5.85. The number of fused-ring (bicyclic) bond motifs is 1. The number of benzene rings is 3. The van der Waals surface area contributed by atoms with Crippen LogP contribution in [0, 0.1) is 0 Å². The number of amides is 4. The minimum Gasteiger partial charge on any atom is -0.454 e. The highest BCUT2D eigenvalue weighted by Crippen LogP contribution is 2.35. The maximum absolute atomic E-state index is 13.4. The largest absolute Gasteiger partial charge is 0.454 e. The van der Waals surface area contributed by atoms with Crippen molar-refractivity contribution in [1.82, 2.24) is 4.90 Å². The van der Waals surface area contributed by atoms with Gasteiger partial charge in [0, 0.05) is 17.3 Å². The third-order valence-electron chi connectivity index (χ3n) is 5.61. The Balaban J connectivity index is 1.43. The van der Waals surface area contributed by atoms with E-state index < -0.39 is 18.0 Å². The van der Waals surface area contributed by atoms with Gasteiger partial charge in [0.2, 0.25) is 12.7 Å². The molecule has 1 saturated heterocycles. The molecule has 3 aromatic rings. The summed E-state index contributed by atoms with van der Waals surface area (Å²) in [6.07, 6.45) is -0.193. The van der Waals surface area contributed by atoms with Gasteiger partial charge >= 0.3 is 6.03 Å². The van der Waals surface area contributed by atoms with Crippen LogP contribution in [0.2, 0.25) is 5.02 Å². The summed E-state index contributed by atoms with van der Waals surface area (Å²) in [6, 6.07) is 19.2. The average Bonchev–Trinajstić information content (AvgIpc) is 3.38. The summed E-state index contributed by atoms with van der Waals surface area (Å²) in [5.41, 5.74) is 1.70. The standard InChI is InChI=1S/C25H20ClN3O5/c26-17-5-4-8-19(12-17)29-24(31)20(13-23(30)27-18-6-2-1-3-7-18)28(25(29)32)14-16-9-10-21-22(11-16)34-15-33-21/h1-12,20H,13-15H2,(H,27,30)/t20-/m0/s1. The average molecular weight is 478 g/mol. The Hall–Kier alpha value is -4.04. The number of carbonyl (C=O) groups is 3. The molecule has 0 bridgehead atoms. The number of hydrogen-bond acceptors (Lipinski definition) is 5. The molecular formula is C25H20ClN3O5. The highest BCUT2D eigenvalue weighted by atomic mass is 35.5. The lowest BCUT2D eigenvalue weighted by Gasteiger charge is -2.22. The third kappa shape index (κ3) is 4.27. The van der Waals surface area contributed by atoms with Crippen molar-refractivity contribution < 1.29 is 23.9 Å². The first-order valence-electron chi connectivity index (χ1n) is 10.6. The van der Waals surface area contributed by atoms with E-state index >= 15 is 0 Å². The lowest BCUT2D eigenvalue weighted by Crippen LogP contribution is -2.37. The number of urea groups is 1. The van der Waals surface area contributed by atoms with Gasteiger partial charge in [-0.25, -0.2) is 9.69 Å². The van der Waals surface area contributed by atoms with Crippen molar-refractivity contribution in [2.24, 2.45) is 0 Å². The van der Waals surface area contributed by atoms with Crippen LogP contribution < -0.4 is 19.7 Å². The molecule has 0 saturated carbocycles. The van der Waals surface area contributed by atoms with Crippen LogP contribution in [-0.4, -0.2) is 35.6 Å². The Labute approximate surface area is 200 Å². The van der Waals surface area contributed by atoms with E-state index in [1.54, 1.807) is 66.7 Å². The Morgan fingerprint density at radius 1 is 0.971 bits per heavy atom. The van der Waals surface area contributed by atoms with Gasteiger partial charge in [-0.15, -0.1) is 0 Å². The summed E-state index contributed by atoms with van der Waals surface area (Å²) in [7, 11) is 0. The van der Waals surface area contributed by atoms with E-state index in [0.29, 0.717) is 27.9 Å². The molecule has 1 fully saturated rings. The molecule has 8 nitrogen and oxygen atoms in total. The smallest absolute Gasteiger partial charge is 0.332 e. The van der Waals surface area contributed by atoms with Crippen LogP contribution in [0.5, 0.6) is 11.5 Å². The van der Waals surface area contributed by atoms with Gasteiger partial charge in [0.05, 0.1) is 12.1 Å². The number of halogens is 1. The first-order valence-corrected chi connectivity index (χ1v) is 11.0. The second-order valence-electron chi connectivity index (χ2n) is 7.89. The van der Waals surface area contributed by atoms with Crippen LogP contribution >= 0.6 is 11.6 Å². The Morgan fingerprint density at radius 3 is 2.56 bits per heavy atom. The van der Waals surface area contributed by atoms with E-state index in [9.17, 15) is 14.4 Å². The predicted molar refractivity (Wildman–Crippen MR) is 126 cm³/mol. The molecular weight excluding hydrogens is 458 g/mol. The van der Waals surface area contributed by atoms with E-state index in [2.05, 4.69) is 5.32 Å². The van der Waals surface area contributed by atoms with Crippen molar-refractivity contribution in [1.29, 1.82) is 0 Å². The fourth-order valence-corrected chi connectivity index (χ4v) is 4.20. The lowest BCUT2D eigenvalue weighted by atomic mass is 10.1. The molecule has 34 heavy (non-hydrogen) atoms. The van der Waals surface area contributed by atoms with E-state index in [4.69, 9.17) is 21.1 Å². The highest BCUT2D eigenvalue weighted by Gasteiger charge is 2.46. The van der Waals surface area contributed by atoms with Gasteiger partial charge in [0.15, 0.2) is 11.5 Å². The summed E-state index contributed by atoms with van der Waals surface area (Å²) in [5.74, 6) is 0.324. The molecule has 9 heteroatoms. The predicted octanol–water partition coefficient (Wildman–Crippen LogP) is 4.43. The normalized spacial score (nSPS) is 16.8. The van der Waals surface area contributed by atoms with Crippen LogP contribution in [0.3, 0.4) is 0 Å². The first kappa shape index (κ1) is 21.8. The molecule has 4 amide bonds. The van der Waals surface area contributed by atoms with Crippen LogP contribution in [0.4, 0.5) is 16.2 Å². The number of rotatable bonds is 6. The van der Waals surface area contributed by atoms with E-state index in [1.165, 1.54) is 4.90 Å². The zero-order valence-electron chi connectivity index (χ0n) is 17.9. The number of ether oxygens (including phenoxy) is 2. The SMILES string of the molecule is O=C(C[C@H]1C(=O)N(c2cccc(Cl)c2)C(=O)N1Cc1ccc2c(c1)OCO2)Nc1ccccc1. The van der Waals surface area contributed by atoms with E-state index in [0.717, 1.165) is 10.5 Å². The Bertz CT molecular complexity index is 1270. The molecule has 2 aliphatic heterocycles. The minimum atomic E-state index is -0.986. The van der Waals surface area contributed by atoms with Crippen LogP contribution in [0.15, 0.2) is 72.8 Å². The number of carbonyl (C=O) groups excluding carboxylic acids is 3. The molecule has 0 radical (unpaired) electrons. The number of imide groups is 1. The quantitative estimate of drug-likeness (QED) is 0.530. The summed E-state index contributed by atoms with van der Waals surface area (Å²) < 4.78 is 10.8. The van der Waals surface area contributed by atoms with Crippen molar-refractivity contribution in [2.45, 2.75) is 19.0 Å². The summed E-state index contributed by atoms with van der Waals surface area (Å²) in [4.78, 5) is 42.1. The van der Waals surface area contributed by atoms with E-state index in [-0.39, 0.29) is 25.7 Å². The minimum absolute atomic E-state index is 0.113. The zero-order valence-corrected chi connectivity index (χ0v) is 18.7. The van der Waals surface area contributed by atoms with Crippen molar-refractivity contribution in [2.75, 3.05) is 17.0 Å². The van der Waals surface area contributed by atoms with Gasteiger partial charge in [-0.05, 0) is 48.0 Å². The van der Waals surface area contributed by atoms with Crippen molar-refractivity contribution in [3.05, 3.63) is 83.4 Å². The monoisotopic (exact) mass is 477 g/mol. The number of nitrogens with one attached hydrogen (secondary N) is 1. The molecule has 3 aromatic carbocycles. The second-order valence-corrected chi connectivity index (χ2v) is 8.32. The molecule has 2 aliphatic rings. The zero-order chi connectivity index (χ0) is 23.7. The molecule has 0 aromatic heterocycles. The Morgan fingerprint density at radius 2 is 1.76 bits per heavy atom. The fourth-order valence-electron chi connectivity index (χ4n) is 4.01. The summed E-state index contributed by atoms with van der Waals surface area (Å²) >= 11 is 6.10. The van der Waals surface area contributed by atoms with Gasteiger partial charge in [-0.3, -0.25) is 9.59 Å². The van der Waals surface area contributed by atoms with Gasteiger partial charge in [-0.2, -0.15) is 0 Å². The Kier molecular flexibility index (Phi) is 5.81. The topological polar surface area (TPSA) is 88.2 Å². The maximum atomic E-state index is 13.4. The summed E-state index contributed by atoms with van der Waals surface area (Å²) in [5, 5.41) is 3.18. The molecule has 5 rings (SSSR count). The second kappa shape index (κ2) is 9.07. The molecule has 0 aliphatic carbocycles. The van der Waals surface area contributed by atoms with Crippen LogP contribution in [0.1, 0.15) is 12.0 Å². The van der Waals surface area contributed by atoms with Crippen LogP contribution in [-0.2, 0) is 16.1 Å². The van der Waals surface area contributed by atoms with Gasteiger partial charge < -0.3 is 19.7 Å². The molecule has 2 heterocycles. The fraction of sp³-hybridized carbons (Fsp3) is 0.160. The molecule has 0 spiro atoms. The van der Waals surface area contributed by atoms with Gasteiger partial charge in [-0.1, -0.05) is 41.9 Å². The van der Waals surface area contributed by atoms with Crippen molar-refractivity contribution >= 4 is 40.8 Å². The van der Waals surface area contributed by atoms with E-state index in [1.807, 2.05) is 6.07 Å². The number of hydrogen-bond donors (Lipinski definition) is 1. The molecule has 172 valence electrons. The van der Waals surface area contributed by atoms with Crippen molar-refractivity contribution in [3.63, 3.8) is 0 Å². The molecule has 1 atom stereocenters. The lowest BCUT2D eigenvalue weighted by molar-refractivity contribution is -0.124. The maximum Gasteiger partial charge on any atom is 0.332 e.